The largest absolute Gasteiger partial charge is 0.367 e. The lowest BCUT2D eigenvalue weighted by Gasteiger charge is -2.00. The van der Waals surface area contributed by atoms with E-state index >= 15 is 0 Å². The minimum atomic E-state index is -0.164. The molecule has 0 spiro atoms. The highest BCUT2D eigenvalue weighted by molar-refractivity contribution is 6.30. The van der Waals surface area contributed by atoms with Gasteiger partial charge in [-0.3, -0.25) is 4.79 Å². The third-order valence-corrected chi connectivity index (χ3v) is 2.23. The predicted molar refractivity (Wildman–Crippen MR) is 57.8 cm³/mol. The van der Waals surface area contributed by atoms with Crippen LogP contribution in [0, 0.1) is 0 Å². The Hall–Kier alpha value is -1.68. The van der Waals surface area contributed by atoms with Crippen molar-refractivity contribution in [3.05, 3.63) is 47.0 Å². The molecule has 0 aliphatic carbocycles. The summed E-state index contributed by atoms with van der Waals surface area (Å²) in [6, 6.07) is 3.50. The van der Waals surface area contributed by atoms with Gasteiger partial charge >= 0.3 is 0 Å². The molecule has 0 saturated heterocycles. The number of H-pyrrole nitrogens is 2. The first-order chi connectivity index (χ1) is 7.25. The molecule has 0 aliphatic heterocycles. The molecule has 78 valence electrons. The second kappa shape index (κ2) is 4.23. The van der Waals surface area contributed by atoms with Gasteiger partial charge < -0.3 is 15.3 Å². The van der Waals surface area contributed by atoms with Crippen LogP contribution in [-0.4, -0.2) is 15.9 Å². The molecule has 2 aromatic rings. The average molecular weight is 224 g/mol. The van der Waals surface area contributed by atoms with E-state index in [9.17, 15) is 4.79 Å². The molecule has 2 rings (SSSR count). The molecule has 2 aromatic heterocycles. The normalized spacial score (nSPS) is 10.2. The van der Waals surface area contributed by atoms with Crippen LogP contribution >= 0.6 is 11.6 Å². The summed E-state index contributed by atoms with van der Waals surface area (Å²) in [5.74, 6) is -0.164. The molecule has 4 nitrogen and oxygen atoms in total. The zero-order valence-electron chi connectivity index (χ0n) is 7.88. The fraction of sp³-hybridized carbons (Fsp3) is 0.100. The van der Waals surface area contributed by atoms with Crippen LogP contribution < -0.4 is 5.32 Å². The van der Waals surface area contributed by atoms with Crippen molar-refractivity contribution in [2.75, 3.05) is 0 Å². The van der Waals surface area contributed by atoms with Gasteiger partial charge in [0.25, 0.3) is 5.91 Å². The van der Waals surface area contributed by atoms with E-state index in [0.717, 1.165) is 5.56 Å². The standard InChI is InChI=1S/C10H10ClN3O/c11-8-3-9(13-6-8)10(15)14-5-7-1-2-12-4-7/h1-4,6,12-13H,5H2,(H,14,15). The van der Waals surface area contributed by atoms with Gasteiger partial charge in [0.15, 0.2) is 0 Å². The van der Waals surface area contributed by atoms with Gasteiger partial charge in [-0.15, -0.1) is 0 Å². The summed E-state index contributed by atoms with van der Waals surface area (Å²) >= 11 is 5.69. The molecule has 0 atom stereocenters. The maximum Gasteiger partial charge on any atom is 0.268 e. The first kappa shape index (κ1) is 9.86. The van der Waals surface area contributed by atoms with Crippen LogP contribution in [0.2, 0.25) is 5.02 Å². The Kier molecular flexibility index (Phi) is 2.78. The quantitative estimate of drug-likeness (QED) is 0.732. The summed E-state index contributed by atoms with van der Waals surface area (Å²) in [5.41, 5.74) is 1.50. The summed E-state index contributed by atoms with van der Waals surface area (Å²) < 4.78 is 0. The van der Waals surface area contributed by atoms with Gasteiger partial charge in [-0.05, 0) is 17.7 Å². The van der Waals surface area contributed by atoms with Crippen molar-refractivity contribution in [2.45, 2.75) is 6.54 Å². The number of amides is 1. The van der Waals surface area contributed by atoms with Gasteiger partial charge in [-0.1, -0.05) is 11.6 Å². The van der Waals surface area contributed by atoms with Gasteiger partial charge in [0, 0.05) is 25.1 Å². The number of carbonyl (C=O) groups is 1. The highest BCUT2D eigenvalue weighted by Gasteiger charge is 2.07. The summed E-state index contributed by atoms with van der Waals surface area (Å²) in [4.78, 5) is 17.2. The van der Waals surface area contributed by atoms with E-state index in [-0.39, 0.29) is 5.91 Å². The molecule has 0 aromatic carbocycles. The van der Waals surface area contributed by atoms with E-state index in [4.69, 9.17) is 11.6 Å². The molecular formula is C10H10ClN3O. The molecule has 0 bridgehead atoms. The van der Waals surface area contributed by atoms with Crippen molar-refractivity contribution in [3.63, 3.8) is 0 Å². The number of hydrogen-bond acceptors (Lipinski definition) is 1. The monoisotopic (exact) mass is 223 g/mol. The Labute approximate surface area is 91.7 Å². The number of aromatic amines is 2. The van der Waals surface area contributed by atoms with Gasteiger partial charge in [0.1, 0.15) is 5.69 Å². The van der Waals surface area contributed by atoms with Crippen LogP contribution in [0.5, 0.6) is 0 Å². The highest BCUT2D eigenvalue weighted by Crippen LogP contribution is 2.09. The predicted octanol–water partition coefficient (Wildman–Crippen LogP) is 1.93. The second-order valence-electron chi connectivity index (χ2n) is 3.13. The summed E-state index contributed by atoms with van der Waals surface area (Å²) in [6.45, 7) is 0.499. The van der Waals surface area contributed by atoms with Gasteiger partial charge in [0.05, 0.1) is 5.02 Å². The van der Waals surface area contributed by atoms with Crippen LogP contribution in [-0.2, 0) is 6.54 Å². The highest BCUT2D eigenvalue weighted by atomic mass is 35.5. The molecule has 15 heavy (non-hydrogen) atoms. The summed E-state index contributed by atoms with van der Waals surface area (Å²) in [6.07, 6.45) is 5.22. The summed E-state index contributed by atoms with van der Waals surface area (Å²) in [5, 5.41) is 3.30. The van der Waals surface area contributed by atoms with Crippen LogP contribution in [0.4, 0.5) is 0 Å². The number of halogens is 1. The third-order valence-electron chi connectivity index (χ3n) is 2.01. The molecule has 2 heterocycles. The minimum Gasteiger partial charge on any atom is -0.367 e. The topological polar surface area (TPSA) is 60.7 Å². The molecule has 0 aliphatic rings. The van der Waals surface area contributed by atoms with Crippen molar-refractivity contribution < 1.29 is 4.79 Å². The zero-order chi connectivity index (χ0) is 10.7. The minimum absolute atomic E-state index is 0.164. The van der Waals surface area contributed by atoms with E-state index in [2.05, 4.69) is 15.3 Å². The fourth-order valence-electron chi connectivity index (χ4n) is 1.24. The molecule has 0 fully saturated rings. The first-order valence-electron chi connectivity index (χ1n) is 4.49. The Morgan fingerprint density at radius 1 is 1.47 bits per heavy atom. The van der Waals surface area contributed by atoms with Crippen LogP contribution in [0.1, 0.15) is 16.1 Å². The molecular weight excluding hydrogens is 214 g/mol. The lowest BCUT2D eigenvalue weighted by atomic mass is 10.3. The van der Waals surface area contributed by atoms with Crippen molar-refractivity contribution >= 4 is 17.5 Å². The Morgan fingerprint density at radius 3 is 2.93 bits per heavy atom. The van der Waals surface area contributed by atoms with E-state index in [1.165, 1.54) is 0 Å². The van der Waals surface area contributed by atoms with Crippen LogP contribution in [0.15, 0.2) is 30.7 Å². The summed E-state index contributed by atoms with van der Waals surface area (Å²) in [7, 11) is 0. The zero-order valence-corrected chi connectivity index (χ0v) is 8.64. The molecule has 1 amide bonds. The average Bonchev–Trinajstić information content (AvgIpc) is 2.84. The Balaban J connectivity index is 1.93. The lowest BCUT2D eigenvalue weighted by Crippen LogP contribution is -2.22. The van der Waals surface area contributed by atoms with Crippen molar-refractivity contribution in [1.29, 1.82) is 0 Å². The molecule has 3 N–H and O–H groups in total. The van der Waals surface area contributed by atoms with Crippen LogP contribution in [0.25, 0.3) is 0 Å². The van der Waals surface area contributed by atoms with Crippen molar-refractivity contribution in [1.82, 2.24) is 15.3 Å². The van der Waals surface area contributed by atoms with E-state index in [0.29, 0.717) is 17.3 Å². The Morgan fingerprint density at radius 2 is 2.33 bits per heavy atom. The molecule has 0 radical (unpaired) electrons. The third kappa shape index (κ3) is 2.41. The smallest absolute Gasteiger partial charge is 0.268 e. The fourth-order valence-corrected chi connectivity index (χ4v) is 1.41. The number of nitrogens with one attached hydrogen (secondary N) is 3. The van der Waals surface area contributed by atoms with Gasteiger partial charge in [-0.25, -0.2) is 0 Å². The second-order valence-corrected chi connectivity index (χ2v) is 3.57. The van der Waals surface area contributed by atoms with E-state index < -0.39 is 0 Å². The molecule has 0 saturated carbocycles. The number of aromatic nitrogens is 2. The molecule has 0 unspecified atom stereocenters. The van der Waals surface area contributed by atoms with E-state index in [1.807, 2.05) is 18.5 Å². The molecule has 5 heteroatoms. The van der Waals surface area contributed by atoms with Crippen molar-refractivity contribution in [3.8, 4) is 0 Å². The maximum atomic E-state index is 11.5. The Bertz CT molecular complexity index is 447. The maximum absolute atomic E-state index is 11.5. The number of rotatable bonds is 3. The number of hydrogen-bond donors (Lipinski definition) is 3. The van der Waals surface area contributed by atoms with E-state index in [1.54, 1.807) is 12.3 Å². The van der Waals surface area contributed by atoms with Crippen molar-refractivity contribution in [2.24, 2.45) is 0 Å². The van der Waals surface area contributed by atoms with Gasteiger partial charge in [-0.2, -0.15) is 0 Å². The first-order valence-corrected chi connectivity index (χ1v) is 4.87. The SMILES string of the molecule is O=C(NCc1cc[nH]c1)c1cc(Cl)c[nH]1. The number of carbonyl (C=O) groups excluding carboxylic acids is 1. The lowest BCUT2D eigenvalue weighted by molar-refractivity contribution is 0.0946. The van der Waals surface area contributed by atoms with Crippen LogP contribution in [0.3, 0.4) is 0 Å². The van der Waals surface area contributed by atoms with Gasteiger partial charge in [0.2, 0.25) is 0 Å².